The van der Waals surface area contributed by atoms with Gasteiger partial charge < -0.3 is 10.0 Å². The Morgan fingerprint density at radius 3 is 1.68 bits per heavy atom. The monoisotopic (exact) mass is 255 g/mol. The Morgan fingerprint density at radius 2 is 1.21 bits per heavy atom. The maximum atomic E-state index is 8.85. The van der Waals surface area contributed by atoms with Crippen LogP contribution in [0.25, 0.3) is 0 Å². The Labute approximate surface area is 115 Å². The lowest BCUT2D eigenvalue weighted by atomic mass is 10.2. The third-order valence-electron chi connectivity index (χ3n) is 3.18. The Hall–Kier alpha value is -1.80. The van der Waals surface area contributed by atoms with Gasteiger partial charge >= 0.3 is 0 Å². The molecule has 0 bridgehead atoms. The Bertz CT molecular complexity index is 416. The van der Waals surface area contributed by atoms with E-state index in [-0.39, 0.29) is 6.61 Å². The molecule has 0 spiro atoms. The van der Waals surface area contributed by atoms with Crippen molar-refractivity contribution in [2.75, 3.05) is 18.1 Å². The van der Waals surface area contributed by atoms with E-state index < -0.39 is 0 Å². The largest absolute Gasteiger partial charge is 0.396 e. The molecule has 0 heterocycles. The smallest absolute Gasteiger partial charge is 0.0431 e. The summed E-state index contributed by atoms with van der Waals surface area (Å²) in [5.41, 5.74) is 2.44. The van der Waals surface area contributed by atoms with Crippen molar-refractivity contribution in [3.05, 3.63) is 60.7 Å². The molecule has 1 N–H and O–H groups in total. The van der Waals surface area contributed by atoms with Crippen LogP contribution in [0.15, 0.2) is 60.7 Å². The van der Waals surface area contributed by atoms with Gasteiger partial charge in [-0.05, 0) is 43.5 Å². The second-order valence-corrected chi connectivity index (χ2v) is 4.61. The first-order valence-electron chi connectivity index (χ1n) is 6.90. The summed E-state index contributed by atoms with van der Waals surface area (Å²) in [6.45, 7) is 1.27. The van der Waals surface area contributed by atoms with Gasteiger partial charge in [0.15, 0.2) is 0 Å². The zero-order valence-electron chi connectivity index (χ0n) is 11.2. The number of nitrogens with zero attached hydrogens (tertiary/aromatic N) is 1. The van der Waals surface area contributed by atoms with Gasteiger partial charge in [0.25, 0.3) is 0 Å². The molecule has 0 saturated heterocycles. The molecule has 0 aromatic heterocycles. The van der Waals surface area contributed by atoms with E-state index in [9.17, 15) is 0 Å². The van der Waals surface area contributed by atoms with Crippen LogP contribution in [0.4, 0.5) is 11.4 Å². The van der Waals surface area contributed by atoms with Crippen molar-refractivity contribution in [1.82, 2.24) is 0 Å². The number of para-hydroxylation sites is 2. The maximum absolute atomic E-state index is 8.85. The predicted molar refractivity (Wildman–Crippen MR) is 80.8 cm³/mol. The fraction of sp³-hybridized carbons (Fsp3) is 0.294. The molecule has 0 radical (unpaired) electrons. The number of aliphatic hydroxyl groups excluding tert-OH is 1. The molecule has 0 amide bonds. The van der Waals surface area contributed by atoms with Gasteiger partial charge in [-0.2, -0.15) is 0 Å². The second-order valence-electron chi connectivity index (χ2n) is 4.61. The van der Waals surface area contributed by atoms with Crippen LogP contribution in [0.1, 0.15) is 19.3 Å². The lowest BCUT2D eigenvalue weighted by Crippen LogP contribution is -2.18. The first kappa shape index (κ1) is 13.6. The standard InChI is InChI=1S/C17H21NO/c19-15-9-3-8-14-18(16-10-4-1-5-11-16)17-12-6-2-7-13-17/h1-2,4-7,10-13,19H,3,8-9,14-15H2. The van der Waals surface area contributed by atoms with E-state index in [0.29, 0.717) is 0 Å². The number of unbranched alkanes of at least 4 members (excludes halogenated alkanes) is 2. The molecule has 100 valence electrons. The van der Waals surface area contributed by atoms with Gasteiger partial charge in [0.1, 0.15) is 0 Å². The van der Waals surface area contributed by atoms with Crippen LogP contribution in [0.3, 0.4) is 0 Å². The van der Waals surface area contributed by atoms with E-state index in [2.05, 4.69) is 53.4 Å². The Balaban J connectivity index is 2.10. The minimum absolute atomic E-state index is 0.288. The van der Waals surface area contributed by atoms with E-state index in [1.165, 1.54) is 11.4 Å². The minimum atomic E-state index is 0.288. The number of hydrogen-bond donors (Lipinski definition) is 1. The summed E-state index contributed by atoms with van der Waals surface area (Å²) < 4.78 is 0. The SMILES string of the molecule is OCCCCCN(c1ccccc1)c1ccccc1. The fourth-order valence-electron chi connectivity index (χ4n) is 2.18. The lowest BCUT2D eigenvalue weighted by molar-refractivity contribution is 0.283. The highest BCUT2D eigenvalue weighted by atomic mass is 16.2. The maximum Gasteiger partial charge on any atom is 0.0431 e. The number of anilines is 2. The molecule has 2 nitrogen and oxygen atoms in total. The highest BCUT2D eigenvalue weighted by molar-refractivity contribution is 5.62. The third kappa shape index (κ3) is 4.11. The number of benzene rings is 2. The lowest BCUT2D eigenvalue weighted by Gasteiger charge is -2.25. The van der Waals surface area contributed by atoms with E-state index >= 15 is 0 Å². The van der Waals surface area contributed by atoms with Gasteiger partial charge in [-0.3, -0.25) is 0 Å². The molecule has 0 fully saturated rings. The van der Waals surface area contributed by atoms with Crippen LogP contribution in [-0.4, -0.2) is 18.3 Å². The van der Waals surface area contributed by atoms with Crippen LogP contribution in [0.5, 0.6) is 0 Å². The van der Waals surface area contributed by atoms with Crippen LogP contribution < -0.4 is 4.90 Å². The Morgan fingerprint density at radius 1 is 0.684 bits per heavy atom. The molecule has 2 rings (SSSR count). The summed E-state index contributed by atoms with van der Waals surface area (Å²) in [5, 5.41) is 8.85. The van der Waals surface area contributed by atoms with Crippen molar-refractivity contribution in [3.63, 3.8) is 0 Å². The molecule has 0 unspecified atom stereocenters. The fourth-order valence-corrected chi connectivity index (χ4v) is 2.18. The normalized spacial score (nSPS) is 10.4. The highest BCUT2D eigenvalue weighted by Gasteiger charge is 2.07. The number of hydrogen-bond acceptors (Lipinski definition) is 2. The molecule has 2 aromatic carbocycles. The quantitative estimate of drug-likeness (QED) is 0.756. The van der Waals surface area contributed by atoms with E-state index in [1.54, 1.807) is 0 Å². The summed E-state index contributed by atoms with van der Waals surface area (Å²) in [6, 6.07) is 20.9. The van der Waals surface area contributed by atoms with Crippen molar-refractivity contribution >= 4 is 11.4 Å². The summed E-state index contributed by atoms with van der Waals surface area (Å²) in [5.74, 6) is 0. The van der Waals surface area contributed by atoms with E-state index in [4.69, 9.17) is 5.11 Å². The van der Waals surface area contributed by atoms with Gasteiger partial charge in [-0.25, -0.2) is 0 Å². The Kier molecular flexibility index (Phi) is 5.45. The van der Waals surface area contributed by atoms with Crippen LogP contribution in [0, 0.1) is 0 Å². The topological polar surface area (TPSA) is 23.5 Å². The number of rotatable bonds is 7. The predicted octanol–water partition coefficient (Wildman–Crippen LogP) is 3.99. The third-order valence-corrected chi connectivity index (χ3v) is 3.18. The van der Waals surface area contributed by atoms with Gasteiger partial charge in [-0.1, -0.05) is 36.4 Å². The summed E-state index contributed by atoms with van der Waals surface area (Å²) in [7, 11) is 0. The molecule has 0 aliphatic heterocycles. The zero-order valence-corrected chi connectivity index (χ0v) is 11.2. The molecule has 0 saturated carbocycles. The average molecular weight is 255 g/mol. The molecular formula is C17H21NO. The molecule has 0 aliphatic rings. The number of aliphatic hydroxyl groups is 1. The van der Waals surface area contributed by atoms with Crippen molar-refractivity contribution < 1.29 is 5.11 Å². The second kappa shape index (κ2) is 7.59. The molecule has 2 heteroatoms. The zero-order chi connectivity index (χ0) is 13.3. The summed E-state index contributed by atoms with van der Waals surface area (Å²) in [4.78, 5) is 2.33. The van der Waals surface area contributed by atoms with Gasteiger partial charge in [0.05, 0.1) is 0 Å². The van der Waals surface area contributed by atoms with Crippen LogP contribution in [0.2, 0.25) is 0 Å². The van der Waals surface area contributed by atoms with Crippen molar-refractivity contribution in [1.29, 1.82) is 0 Å². The molecule has 2 aromatic rings. The van der Waals surface area contributed by atoms with Crippen molar-refractivity contribution in [3.8, 4) is 0 Å². The highest BCUT2D eigenvalue weighted by Crippen LogP contribution is 2.25. The van der Waals surface area contributed by atoms with E-state index in [0.717, 1.165) is 25.8 Å². The first-order chi connectivity index (χ1) is 9.42. The molecular weight excluding hydrogens is 234 g/mol. The van der Waals surface area contributed by atoms with Crippen molar-refractivity contribution in [2.24, 2.45) is 0 Å². The van der Waals surface area contributed by atoms with Gasteiger partial charge in [0.2, 0.25) is 0 Å². The van der Waals surface area contributed by atoms with Crippen LogP contribution >= 0.6 is 0 Å². The van der Waals surface area contributed by atoms with Gasteiger partial charge in [-0.15, -0.1) is 0 Å². The van der Waals surface area contributed by atoms with Crippen LogP contribution in [-0.2, 0) is 0 Å². The molecule has 0 atom stereocenters. The first-order valence-corrected chi connectivity index (χ1v) is 6.90. The molecule has 19 heavy (non-hydrogen) atoms. The summed E-state index contributed by atoms with van der Waals surface area (Å²) >= 11 is 0. The molecule has 0 aliphatic carbocycles. The minimum Gasteiger partial charge on any atom is -0.396 e. The van der Waals surface area contributed by atoms with Crippen molar-refractivity contribution in [2.45, 2.75) is 19.3 Å². The van der Waals surface area contributed by atoms with E-state index in [1.807, 2.05) is 12.1 Å². The summed E-state index contributed by atoms with van der Waals surface area (Å²) in [6.07, 6.45) is 3.04. The average Bonchev–Trinajstić information content (AvgIpc) is 2.49. The van der Waals surface area contributed by atoms with Gasteiger partial charge in [0, 0.05) is 24.5 Å².